The van der Waals surface area contributed by atoms with Gasteiger partial charge in [-0.1, -0.05) is 19.8 Å². The van der Waals surface area contributed by atoms with Crippen molar-refractivity contribution in [3.63, 3.8) is 0 Å². The first-order chi connectivity index (χ1) is 17.0. The van der Waals surface area contributed by atoms with Crippen LogP contribution in [0.2, 0.25) is 0 Å². The zero-order valence-corrected chi connectivity index (χ0v) is 21.3. The van der Waals surface area contributed by atoms with Gasteiger partial charge in [0.25, 0.3) is 0 Å². The third-order valence-corrected chi connectivity index (χ3v) is 7.71. The predicted molar refractivity (Wildman–Crippen MR) is 140 cm³/mol. The van der Waals surface area contributed by atoms with Gasteiger partial charge in [0.05, 0.1) is 19.0 Å². The summed E-state index contributed by atoms with van der Waals surface area (Å²) < 4.78 is 5.65. The number of carbonyl (C=O) groups is 1. The van der Waals surface area contributed by atoms with E-state index in [1.807, 2.05) is 13.1 Å². The van der Waals surface area contributed by atoms with Gasteiger partial charge in [-0.15, -0.1) is 0 Å². The van der Waals surface area contributed by atoms with Gasteiger partial charge in [-0.3, -0.25) is 4.79 Å². The molecule has 188 valence electrons. The first-order valence-electron chi connectivity index (χ1n) is 12.8. The summed E-state index contributed by atoms with van der Waals surface area (Å²) in [7, 11) is 5.67. The van der Waals surface area contributed by atoms with Crippen molar-refractivity contribution < 1.29 is 9.53 Å². The van der Waals surface area contributed by atoms with Crippen LogP contribution < -0.4 is 24.8 Å². The van der Waals surface area contributed by atoms with Crippen molar-refractivity contribution in [2.45, 2.75) is 51.1 Å². The number of ether oxygens (including phenoxy) is 1. The van der Waals surface area contributed by atoms with E-state index >= 15 is 0 Å². The molecule has 0 bridgehead atoms. The van der Waals surface area contributed by atoms with E-state index in [1.165, 1.54) is 12.8 Å². The van der Waals surface area contributed by atoms with Crippen molar-refractivity contribution in [1.82, 2.24) is 14.9 Å². The van der Waals surface area contributed by atoms with Crippen LogP contribution in [-0.4, -0.2) is 80.2 Å². The molecule has 0 radical (unpaired) electrons. The molecule has 0 spiro atoms. The van der Waals surface area contributed by atoms with Crippen LogP contribution in [0, 0.1) is 0 Å². The molecule has 1 aromatic heterocycles. The molecule has 9 nitrogen and oxygen atoms in total. The standard InChI is InChI=1S/C26H37N7O2/c1-5-21-25(34)31(3)22-17-27-26(29-24(22)33(21)18-8-6-7-9-18)28-20-16-19(10-11-23(20)35-4)32-14-12-30(2)13-15-32/h10-11,16-18,21H,5-9,12-15H2,1-4H3,(H,27,28,29)/t21-/m1/s1. The lowest BCUT2D eigenvalue weighted by atomic mass is 10.0. The van der Waals surface area contributed by atoms with Gasteiger partial charge in [0, 0.05) is 45.0 Å². The van der Waals surface area contributed by atoms with Gasteiger partial charge in [-0.2, -0.15) is 4.98 Å². The maximum Gasteiger partial charge on any atom is 0.249 e. The largest absolute Gasteiger partial charge is 0.495 e. The van der Waals surface area contributed by atoms with Gasteiger partial charge in [-0.05, 0) is 44.5 Å². The Bertz CT molecular complexity index is 1060. The fourth-order valence-corrected chi connectivity index (χ4v) is 5.62. The number of amides is 1. The number of aromatic nitrogens is 2. The van der Waals surface area contributed by atoms with Gasteiger partial charge in [0.15, 0.2) is 5.82 Å². The summed E-state index contributed by atoms with van der Waals surface area (Å²) in [6.45, 7) is 6.16. The summed E-state index contributed by atoms with van der Waals surface area (Å²) in [5.74, 6) is 2.23. The number of likely N-dealkylation sites (N-methyl/N-ethyl adjacent to an activating group) is 2. The fourth-order valence-electron chi connectivity index (χ4n) is 5.62. The highest BCUT2D eigenvalue weighted by atomic mass is 16.5. The van der Waals surface area contributed by atoms with E-state index in [-0.39, 0.29) is 11.9 Å². The SMILES string of the molecule is CC[C@@H]1C(=O)N(C)c2cnc(Nc3cc(N4CCN(C)CC4)ccc3OC)nc2N1C1CCCC1. The zero-order valence-electron chi connectivity index (χ0n) is 21.3. The Morgan fingerprint density at radius 1 is 1.11 bits per heavy atom. The molecular formula is C26H37N7O2. The Morgan fingerprint density at radius 3 is 2.54 bits per heavy atom. The highest BCUT2D eigenvalue weighted by Crippen LogP contribution is 2.40. The molecule has 1 saturated heterocycles. The average molecular weight is 480 g/mol. The van der Waals surface area contributed by atoms with Gasteiger partial charge in [0.2, 0.25) is 11.9 Å². The molecule has 2 aromatic rings. The molecule has 1 amide bonds. The highest BCUT2D eigenvalue weighted by Gasteiger charge is 2.41. The molecule has 1 aliphatic carbocycles. The molecule has 1 aromatic carbocycles. The summed E-state index contributed by atoms with van der Waals surface area (Å²) in [5, 5.41) is 3.42. The number of piperazine rings is 1. The zero-order chi connectivity index (χ0) is 24.5. The number of fused-ring (bicyclic) bond motifs is 1. The van der Waals surface area contributed by atoms with Crippen LogP contribution in [0.15, 0.2) is 24.4 Å². The van der Waals surface area contributed by atoms with Gasteiger partial charge in [0.1, 0.15) is 17.5 Å². The second-order valence-electron chi connectivity index (χ2n) is 9.87. The molecule has 1 atom stereocenters. The molecule has 5 rings (SSSR count). The number of hydrogen-bond acceptors (Lipinski definition) is 8. The maximum absolute atomic E-state index is 13.1. The second kappa shape index (κ2) is 9.89. The predicted octanol–water partition coefficient (Wildman–Crippen LogP) is 3.48. The minimum Gasteiger partial charge on any atom is -0.495 e. The number of anilines is 5. The van der Waals surface area contributed by atoms with Crippen molar-refractivity contribution in [2.75, 3.05) is 67.4 Å². The summed E-state index contributed by atoms with van der Waals surface area (Å²) in [4.78, 5) is 31.4. The van der Waals surface area contributed by atoms with Crippen molar-refractivity contribution in [3.05, 3.63) is 24.4 Å². The van der Waals surface area contributed by atoms with Crippen molar-refractivity contribution >= 4 is 34.7 Å². The normalized spacial score (nSPS) is 21.4. The van der Waals surface area contributed by atoms with Gasteiger partial charge >= 0.3 is 0 Å². The molecular weight excluding hydrogens is 442 g/mol. The number of benzene rings is 1. The minimum atomic E-state index is -0.187. The first kappa shape index (κ1) is 23.7. The van der Waals surface area contributed by atoms with Crippen LogP contribution in [0.4, 0.5) is 28.8 Å². The van der Waals surface area contributed by atoms with Crippen LogP contribution >= 0.6 is 0 Å². The molecule has 2 aliphatic heterocycles. The smallest absolute Gasteiger partial charge is 0.249 e. The van der Waals surface area contributed by atoms with Crippen LogP contribution in [-0.2, 0) is 4.79 Å². The third kappa shape index (κ3) is 4.49. The molecule has 9 heteroatoms. The monoisotopic (exact) mass is 479 g/mol. The third-order valence-electron chi connectivity index (χ3n) is 7.71. The summed E-state index contributed by atoms with van der Waals surface area (Å²) in [6.07, 6.45) is 7.12. The van der Waals surface area contributed by atoms with Crippen LogP contribution in [0.5, 0.6) is 5.75 Å². The molecule has 1 saturated carbocycles. The van der Waals surface area contributed by atoms with Gasteiger partial charge in [-0.25, -0.2) is 4.98 Å². The number of hydrogen-bond donors (Lipinski definition) is 1. The summed E-state index contributed by atoms with van der Waals surface area (Å²) in [6, 6.07) is 6.38. The lowest BCUT2D eigenvalue weighted by Crippen LogP contribution is -2.55. The fraction of sp³-hybridized carbons (Fsp3) is 0.577. The molecule has 35 heavy (non-hydrogen) atoms. The van der Waals surface area contributed by atoms with Crippen molar-refractivity contribution in [1.29, 1.82) is 0 Å². The van der Waals surface area contributed by atoms with Crippen LogP contribution in [0.3, 0.4) is 0 Å². The summed E-state index contributed by atoms with van der Waals surface area (Å²) >= 11 is 0. The van der Waals surface area contributed by atoms with E-state index in [2.05, 4.69) is 51.1 Å². The van der Waals surface area contributed by atoms with E-state index in [0.717, 1.165) is 74.1 Å². The Labute approximate surface area is 208 Å². The Balaban J connectivity index is 1.47. The highest BCUT2D eigenvalue weighted by molar-refractivity contribution is 6.04. The van der Waals surface area contributed by atoms with E-state index in [9.17, 15) is 4.79 Å². The molecule has 2 fully saturated rings. The number of nitrogens with one attached hydrogen (secondary N) is 1. The van der Waals surface area contributed by atoms with Gasteiger partial charge < -0.3 is 29.7 Å². The van der Waals surface area contributed by atoms with Crippen molar-refractivity contribution in [2.24, 2.45) is 0 Å². The summed E-state index contributed by atoms with van der Waals surface area (Å²) in [5.41, 5.74) is 2.77. The van der Waals surface area contributed by atoms with E-state index in [0.29, 0.717) is 12.0 Å². The Kier molecular flexibility index (Phi) is 6.69. The first-order valence-corrected chi connectivity index (χ1v) is 12.8. The van der Waals surface area contributed by atoms with Crippen molar-refractivity contribution in [3.8, 4) is 5.75 Å². The van der Waals surface area contributed by atoms with E-state index < -0.39 is 0 Å². The van der Waals surface area contributed by atoms with Crippen LogP contribution in [0.25, 0.3) is 0 Å². The number of rotatable bonds is 6. The second-order valence-corrected chi connectivity index (χ2v) is 9.87. The Morgan fingerprint density at radius 2 is 1.86 bits per heavy atom. The van der Waals surface area contributed by atoms with E-state index in [1.54, 1.807) is 18.2 Å². The maximum atomic E-state index is 13.1. The lowest BCUT2D eigenvalue weighted by Gasteiger charge is -2.43. The number of nitrogens with zero attached hydrogens (tertiary/aromatic N) is 6. The molecule has 3 heterocycles. The number of carbonyl (C=O) groups excluding carboxylic acids is 1. The topological polar surface area (TPSA) is 77.1 Å². The average Bonchev–Trinajstić information content (AvgIpc) is 3.41. The quantitative estimate of drug-likeness (QED) is 0.675. The molecule has 1 N–H and O–H groups in total. The van der Waals surface area contributed by atoms with Crippen LogP contribution in [0.1, 0.15) is 39.0 Å². The Hall–Kier alpha value is -3.07. The van der Waals surface area contributed by atoms with E-state index in [4.69, 9.17) is 9.72 Å². The minimum absolute atomic E-state index is 0.123. The number of methoxy groups -OCH3 is 1. The lowest BCUT2D eigenvalue weighted by molar-refractivity contribution is -0.120. The molecule has 3 aliphatic rings. The molecule has 0 unspecified atom stereocenters.